The van der Waals surface area contributed by atoms with E-state index in [1.165, 1.54) is 6.92 Å². The molecule has 9 nitrogen and oxygen atoms in total. The van der Waals surface area contributed by atoms with Crippen molar-refractivity contribution in [2.45, 2.75) is 26.4 Å². The van der Waals surface area contributed by atoms with Gasteiger partial charge >= 0.3 is 5.97 Å². The maximum absolute atomic E-state index is 12.2. The van der Waals surface area contributed by atoms with Crippen LogP contribution in [0.5, 0.6) is 0 Å². The maximum Gasteiger partial charge on any atom is 0.306 e. The highest BCUT2D eigenvalue weighted by molar-refractivity contribution is 5.88. The first-order valence-corrected chi connectivity index (χ1v) is 8.58. The number of nitrogens with zero attached hydrogens (tertiary/aromatic N) is 3. The summed E-state index contributed by atoms with van der Waals surface area (Å²) in [5.41, 5.74) is 8.97. The number of carbonyl (C=O) groups excluding carboxylic acids is 3. The lowest BCUT2D eigenvalue weighted by atomic mass is 9.98. The lowest BCUT2D eigenvalue weighted by Gasteiger charge is -2.15. The number of hydrogen-bond donors (Lipinski definition) is 1. The van der Waals surface area contributed by atoms with Crippen LogP contribution in [0.25, 0.3) is 10.4 Å². The summed E-state index contributed by atoms with van der Waals surface area (Å²) in [7, 11) is 0. The van der Waals surface area contributed by atoms with Crippen molar-refractivity contribution in [2.75, 3.05) is 26.3 Å². The van der Waals surface area contributed by atoms with Crippen LogP contribution in [-0.2, 0) is 30.5 Å². The smallest absolute Gasteiger partial charge is 0.306 e. The van der Waals surface area contributed by atoms with Crippen LogP contribution >= 0.6 is 0 Å². The number of ether oxygens (including phenoxy) is 2. The van der Waals surface area contributed by atoms with Gasteiger partial charge in [-0.15, -0.1) is 0 Å². The second kappa shape index (κ2) is 13.3. The zero-order chi connectivity index (χ0) is 19.9. The summed E-state index contributed by atoms with van der Waals surface area (Å²) in [6, 6.07) is 9.19. The molecule has 0 bridgehead atoms. The molecule has 1 amide bonds. The van der Waals surface area contributed by atoms with E-state index in [2.05, 4.69) is 15.3 Å². The first-order chi connectivity index (χ1) is 13.0. The van der Waals surface area contributed by atoms with Gasteiger partial charge in [0.25, 0.3) is 0 Å². The zero-order valence-electron chi connectivity index (χ0n) is 15.3. The van der Waals surface area contributed by atoms with E-state index >= 15 is 0 Å². The summed E-state index contributed by atoms with van der Waals surface area (Å²) in [5, 5.41) is 5.95. The molecule has 0 fully saturated rings. The van der Waals surface area contributed by atoms with E-state index in [-0.39, 0.29) is 51.5 Å². The number of hydrogen-bond acceptors (Lipinski definition) is 6. The van der Waals surface area contributed by atoms with Crippen molar-refractivity contribution in [3.63, 3.8) is 0 Å². The molecular weight excluding hydrogens is 352 g/mol. The van der Waals surface area contributed by atoms with Gasteiger partial charge in [-0.2, -0.15) is 0 Å². The van der Waals surface area contributed by atoms with Crippen molar-refractivity contribution in [3.05, 3.63) is 46.3 Å². The molecule has 0 radical (unpaired) electrons. The second-order valence-corrected chi connectivity index (χ2v) is 5.81. The largest absolute Gasteiger partial charge is 0.461 e. The topological polar surface area (TPSA) is 130 Å². The minimum absolute atomic E-state index is 0.0377. The van der Waals surface area contributed by atoms with Gasteiger partial charge < -0.3 is 19.6 Å². The Kier molecular flexibility index (Phi) is 10.9. The van der Waals surface area contributed by atoms with Gasteiger partial charge in [0.1, 0.15) is 12.4 Å². The van der Waals surface area contributed by atoms with Gasteiger partial charge in [-0.1, -0.05) is 35.4 Å². The van der Waals surface area contributed by atoms with Crippen LogP contribution < -0.4 is 5.32 Å². The molecule has 1 atom stereocenters. The highest BCUT2D eigenvalue weighted by Crippen LogP contribution is 2.12. The van der Waals surface area contributed by atoms with E-state index < -0.39 is 17.8 Å². The molecule has 0 unspecified atom stereocenters. The molecule has 0 heterocycles. The summed E-state index contributed by atoms with van der Waals surface area (Å²) in [6.45, 7) is 2.41. The molecular formula is C18H24N4O5. The Balaban J connectivity index is 2.39. The highest BCUT2D eigenvalue weighted by Gasteiger charge is 2.24. The van der Waals surface area contributed by atoms with Crippen molar-refractivity contribution in [1.29, 1.82) is 0 Å². The zero-order valence-corrected chi connectivity index (χ0v) is 15.3. The third-order valence-electron chi connectivity index (χ3n) is 3.50. The standard InChI is InChI=1S/C18H24N4O5/c1-14(23)11-16(18(25)20-7-9-26-10-8-21-22-19)12-17(24)27-13-15-5-3-2-4-6-15/h2-6,16H,7-13H2,1H3,(H,20,25)/t16-/m0/s1. The molecule has 0 saturated carbocycles. The Labute approximate surface area is 157 Å². The molecule has 1 N–H and O–H groups in total. The Morgan fingerprint density at radius 1 is 1.19 bits per heavy atom. The van der Waals surface area contributed by atoms with Gasteiger partial charge in [0.15, 0.2) is 0 Å². The number of nitrogens with one attached hydrogen (secondary N) is 1. The molecule has 27 heavy (non-hydrogen) atoms. The summed E-state index contributed by atoms with van der Waals surface area (Å²) >= 11 is 0. The first-order valence-electron chi connectivity index (χ1n) is 8.58. The van der Waals surface area contributed by atoms with E-state index in [9.17, 15) is 14.4 Å². The third kappa shape index (κ3) is 10.6. The minimum atomic E-state index is -0.783. The van der Waals surface area contributed by atoms with Gasteiger partial charge in [-0.05, 0) is 18.0 Å². The van der Waals surface area contributed by atoms with E-state index in [4.69, 9.17) is 15.0 Å². The summed E-state index contributed by atoms with van der Waals surface area (Å²) < 4.78 is 10.4. The number of ketones is 1. The van der Waals surface area contributed by atoms with E-state index in [1.54, 1.807) is 0 Å². The number of amides is 1. The molecule has 1 aromatic rings. The predicted molar refractivity (Wildman–Crippen MR) is 97.5 cm³/mol. The molecule has 0 aromatic heterocycles. The van der Waals surface area contributed by atoms with Gasteiger partial charge in [0, 0.05) is 24.4 Å². The van der Waals surface area contributed by atoms with Crippen LogP contribution in [0.1, 0.15) is 25.3 Å². The Bertz CT molecular complexity index is 659. The quantitative estimate of drug-likeness (QED) is 0.185. The Morgan fingerprint density at radius 3 is 2.59 bits per heavy atom. The summed E-state index contributed by atoms with van der Waals surface area (Å²) in [6.07, 6.45) is -0.208. The van der Waals surface area contributed by atoms with Crippen LogP contribution in [0.4, 0.5) is 0 Å². The number of benzene rings is 1. The van der Waals surface area contributed by atoms with E-state index in [1.807, 2.05) is 30.3 Å². The van der Waals surface area contributed by atoms with Crippen LogP contribution in [0.2, 0.25) is 0 Å². The summed E-state index contributed by atoms with van der Waals surface area (Å²) in [4.78, 5) is 38.2. The second-order valence-electron chi connectivity index (χ2n) is 5.81. The fraction of sp³-hybridized carbons (Fsp3) is 0.500. The predicted octanol–water partition coefficient (Wildman–Crippen LogP) is 2.16. The van der Waals surface area contributed by atoms with Crippen LogP contribution in [0.15, 0.2) is 35.4 Å². The van der Waals surface area contributed by atoms with E-state index in [0.717, 1.165) is 5.56 Å². The fourth-order valence-corrected chi connectivity index (χ4v) is 2.25. The average molecular weight is 376 g/mol. The molecule has 146 valence electrons. The number of carbonyl (C=O) groups is 3. The number of Topliss-reactive ketones (excluding diaryl/α,β-unsaturated/α-hetero) is 1. The molecule has 1 aromatic carbocycles. The maximum atomic E-state index is 12.2. The highest BCUT2D eigenvalue weighted by atomic mass is 16.5. The van der Waals surface area contributed by atoms with E-state index in [0.29, 0.717) is 0 Å². The molecule has 0 spiro atoms. The van der Waals surface area contributed by atoms with Gasteiger partial charge in [-0.3, -0.25) is 9.59 Å². The van der Waals surface area contributed by atoms with Gasteiger partial charge in [0.05, 0.1) is 25.6 Å². The Morgan fingerprint density at radius 2 is 1.93 bits per heavy atom. The number of rotatable bonds is 13. The normalized spacial score (nSPS) is 11.1. The van der Waals surface area contributed by atoms with Gasteiger partial charge in [-0.25, -0.2) is 0 Å². The number of azide groups is 1. The van der Waals surface area contributed by atoms with Crippen molar-refractivity contribution in [3.8, 4) is 0 Å². The van der Waals surface area contributed by atoms with Crippen LogP contribution in [0, 0.1) is 5.92 Å². The fourth-order valence-electron chi connectivity index (χ4n) is 2.25. The molecule has 0 aliphatic rings. The summed E-state index contributed by atoms with van der Waals surface area (Å²) in [5.74, 6) is -1.91. The lowest BCUT2D eigenvalue weighted by molar-refractivity contribution is -0.148. The van der Waals surface area contributed by atoms with Crippen molar-refractivity contribution >= 4 is 17.7 Å². The van der Waals surface area contributed by atoms with Gasteiger partial charge in [0.2, 0.25) is 5.91 Å². The van der Waals surface area contributed by atoms with Crippen molar-refractivity contribution in [1.82, 2.24) is 5.32 Å². The molecule has 9 heteroatoms. The monoisotopic (exact) mass is 376 g/mol. The third-order valence-corrected chi connectivity index (χ3v) is 3.50. The molecule has 0 aliphatic carbocycles. The van der Waals surface area contributed by atoms with Crippen LogP contribution in [0.3, 0.4) is 0 Å². The number of esters is 1. The minimum Gasteiger partial charge on any atom is -0.461 e. The van der Waals surface area contributed by atoms with Crippen molar-refractivity contribution in [2.24, 2.45) is 11.0 Å². The molecule has 1 rings (SSSR count). The van der Waals surface area contributed by atoms with Crippen LogP contribution in [-0.4, -0.2) is 44.0 Å². The molecule has 0 aliphatic heterocycles. The SMILES string of the molecule is CC(=O)C[C@@H](CC(=O)OCc1ccccc1)C(=O)NCCOCCN=[N+]=[N-]. The molecule has 0 saturated heterocycles. The van der Waals surface area contributed by atoms with Crippen molar-refractivity contribution < 1.29 is 23.9 Å². The lowest BCUT2D eigenvalue weighted by Crippen LogP contribution is -2.35. The Hall–Kier alpha value is -2.90. The average Bonchev–Trinajstić information content (AvgIpc) is 2.65. The first kappa shape index (κ1) is 22.1.